The van der Waals surface area contributed by atoms with Gasteiger partial charge >= 0.3 is 6.03 Å². The molecule has 0 unspecified atom stereocenters. The van der Waals surface area contributed by atoms with Crippen LogP contribution < -0.4 is 10.6 Å². The lowest BCUT2D eigenvalue weighted by Gasteiger charge is -2.08. The standard InChI is InChI=1S/C15H12N4O2S/c1-9(20)10-3-2-4-11(7-10)16-15(21)17-12-5-6-14-13(8-12)18-19-22-14/h2-8H,1H3,(H2,16,17,21). The van der Waals surface area contributed by atoms with E-state index in [1.54, 1.807) is 36.4 Å². The lowest BCUT2D eigenvalue weighted by atomic mass is 10.1. The van der Waals surface area contributed by atoms with Gasteiger partial charge in [0.15, 0.2) is 5.78 Å². The van der Waals surface area contributed by atoms with Gasteiger partial charge in [0, 0.05) is 16.9 Å². The fraction of sp³-hybridized carbons (Fsp3) is 0.0667. The molecule has 0 bridgehead atoms. The molecule has 2 N–H and O–H groups in total. The first-order valence-electron chi connectivity index (χ1n) is 6.53. The maximum Gasteiger partial charge on any atom is 0.323 e. The van der Waals surface area contributed by atoms with Gasteiger partial charge < -0.3 is 10.6 Å². The largest absolute Gasteiger partial charge is 0.323 e. The number of aromatic nitrogens is 2. The van der Waals surface area contributed by atoms with Crippen molar-refractivity contribution in [1.82, 2.24) is 9.59 Å². The number of urea groups is 1. The van der Waals surface area contributed by atoms with E-state index in [9.17, 15) is 9.59 Å². The summed E-state index contributed by atoms with van der Waals surface area (Å²) in [6, 6.07) is 11.8. The van der Waals surface area contributed by atoms with Crippen LogP contribution in [-0.4, -0.2) is 21.4 Å². The summed E-state index contributed by atoms with van der Waals surface area (Å²) in [6.07, 6.45) is 0. The van der Waals surface area contributed by atoms with Crippen LogP contribution in [0.1, 0.15) is 17.3 Å². The smallest absolute Gasteiger partial charge is 0.308 e. The minimum Gasteiger partial charge on any atom is -0.308 e. The van der Waals surface area contributed by atoms with Crippen LogP contribution in [0, 0.1) is 0 Å². The van der Waals surface area contributed by atoms with Crippen LogP contribution in [-0.2, 0) is 0 Å². The van der Waals surface area contributed by atoms with E-state index in [0.29, 0.717) is 16.9 Å². The summed E-state index contributed by atoms with van der Waals surface area (Å²) in [4.78, 5) is 23.3. The number of fused-ring (bicyclic) bond motifs is 1. The van der Waals surface area contributed by atoms with Crippen LogP contribution >= 0.6 is 11.5 Å². The highest BCUT2D eigenvalue weighted by Crippen LogP contribution is 2.20. The number of amides is 2. The molecule has 22 heavy (non-hydrogen) atoms. The maximum absolute atomic E-state index is 12.0. The highest BCUT2D eigenvalue weighted by molar-refractivity contribution is 7.12. The van der Waals surface area contributed by atoms with Crippen molar-refractivity contribution in [1.29, 1.82) is 0 Å². The Kier molecular flexibility index (Phi) is 3.80. The molecule has 0 saturated carbocycles. The Morgan fingerprint density at radius 2 is 1.82 bits per heavy atom. The van der Waals surface area contributed by atoms with Gasteiger partial charge in [-0.25, -0.2) is 4.79 Å². The van der Waals surface area contributed by atoms with Gasteiger partial charge in [-0.1, -0.05) is 16.6 Å². The summed E-state index contributed by atoms with van der Waals surface area (Å²) in [6.45, 7) is 1.48. The van der Waals surface area contributed by atoms with Gasteiger partial charge in [0.2, 0.25) is 0 Å². The van der Waals surface area contributed by atoms with Gasteiger partial charge in [-0.2, -0.15) is 0 Å². The lowest BCUT2D eigenvalue weighted by molar-refractivity contribution is 0.101. The molecule has 3 rings (SSSR count). The van der Waals surface area contributed by atoms with Crippen molar-refractivity contribution in [2.45, 2.75) is 6.92 Å². The minimum absolute atomic E-state index is 0.0504. The highest BCUT2D eigenvalue weighted by atomic mass is 32.1. The van der Waals surface area contributed by atoms with E-state index in [2.05, 4.69) is 20.2 Å². The molecule has 0 spiro atoms. The number of nitrogens with one attached hydrogen (secondary N) is 2. The lowest BCUT2D eigenvalue weighted by Crippen LogP contribution is -2.19. The van der Waals surface area contributed by atoms with E-state index >= 15 is 0 Å². The first-order chi connectivity index (χ1) is 10.6. The van der Waals surface area contributed by atoms with Crippen molar-refractivity contribution in [2.24, 2.45) is 0 Å². The molecule has 2 amide bonds. The average Bonchev–Trinajstić information content (AvgIpc) is 2.95. The number of hydrogen-bond donors (Lipinski definition) is 2. The molecule has 0 aliphatic heterocycles. The zero-order valence-corrected chi connectivity index (χ0v) is 12.5. The molecular weight excluding hydrogens is 300 g/mol. The molecule has 3 aromatic rings. The van der Waals surface area contributed by atoms with E-state index in [0.717, 1.165) is 10.2 Å². The Morgan fingerprint density at radius 3 is 2.59 bits per heavy atom. The van der Waals surface area contributed by atoms with Gasteiger partial charge in [0.25, 0.3) is 0 Å². The molecular formula is C15H12N4O2S. The second-order valence-corrected chi connectivity index (χ2v) is 5.46. The van der Waals surface area contributed by atoms with Gasteiger partial charge in [-0.05, 0) is 48.8 Å². The SMILES string of the molecule is CC(=O)c1cccc(NC(=O)Nc2ccc3snnc3c2)c1. The third kappa shape index (κ3) is 3.09. The molecule has 2 aromatic carbocycles. The Morgan fingerprint density at radius 1 is 1.05 bits per heavy atom. The topological polar surface area (TPSA) is 84.0 Å². The van der Waals surface area contributed by atoms with Gasteiger partial charge in [-0.15, -0.1) is 5.10 Å². The minimum atomic E-state index is -0.386. The van der Waals surface area contributed by atoms with Gasteiger partial charge in [0.1, 0.15) is 5.52 Å². The quantitative estimate of drug-likeness (QED) is 0.725. The van der Waals surface area contributed by atoms with E-state index in [-0.39, 0.29) is 11.8 Å². The van der Waals surface area contributed by atoms with Crippen LogP contribution in [0.3, 0.4) is 0 Å². The molecule has 0 fully saturated rings. The van der Waals surface area contributed by atoms with Crippen molar-refractivity contribution < 1.29 is 9.59 Å². The summed E-state index contributed by atoms with van der Waals surface area (Å²) in [7, 11) is 0. The monoisotopic (exact) mass is 312 g/mol. The highest BCUT2D eigenvalue weighted by Gasteiger charge is 2.06. The number of Topliss-reactive ketones (excluding diaryl/α,β-unsaturated/α-hetero) is 1. The predicted octanol–water partition coefficient (Wildman–Crippen LogP) is 3.54. The molecule has 7 heteroatoms. The molecule has 6 nitrogen and oxygen atoms in total. The van der Waals surface area contributed by atoms with E-state index in [1.165, 1.54) is 18.5 Å². The number of benzene rings is 2. The average molecular weight is 312 g/mol. The Hall–Kier alpha value is -2.80. The van der Waals surface area contributed by atoms with Crippen LogP contribution in [0.25, 0.3) is 10.2 Å². The Labute approximate surface area is 130 Å². The maximum atomic E-state index is 12.0. The van der Waals surface area contributed by atoms with Gasteiger partial charge in [-0.3, -0.25) is 4.79 Å². The van der Waals surface area contributed by atoms with Crippen LogP contribution in [0.5, 0.6) is 0 Å². The van der Waals surface area contributed by atoms with E-state index in [4.69, 9.17) is 0 Å². The number of anilines is 2. The molecule has 0 aliphatic carbocycles. The molecule has 0 saturated heterocycles. The summed E-state index contributed by atoms with van der Waals surface area (Å²) < 4.78 is 4.81. The predicted molar refractivity (Wildman–Crippen MR) is 86.5 cm³/mol. The second-order valence-electron chi connectivity index (χ2n) is 4.67. The van der Waals surface area contributed by atoms with Crippen LogP contribution in [0.2, 0.25) is 0 Å². The Balaban J connectivity index is 1.71. The van der Waals surface area contributed by atoms with Crippen molar-refractivity contribution in [2.75, 3.05) is 10.6 Å². The molecule has 0 radical (unpaired) electrons. The molecule has 0 aliphatic rings. The number of carbonyl (C=O) groups excluding carboxylic acids is 2. The number of carbonyl (C=O) groups is 2. The normalized spacial score (nSPS) is 10.4. The van der Waals surface area contributed by atoms with E-state index in [1.807, 2.05) is 6.07 Å². The zero-order valence-electron chi connectivity index (χ0n) is 11.7. The molecule has 1 aromatic heterocycles. The summed E-state index contributed by atoms with van der Waals surface area (Å²) >= 11 is 1.30. The van der Waals surface area contributed by atoms with Crippen LogP contribution in [0.4, 0.5) is 16.2 Å². The van der Waals surface area contributed by atoms with Crippen molar-refractivity contribution in [3.05, 3.63) is 48.0 Å². The third-order valence-electron chi connectivity index (χ3n) is 3.03. The number of hydrogen-bond acceptors (Lipinski definition) is 5. The number of rotatable bonds is 3. The Bertz CT molecular complexity index is 859. The number of ketones is 1. The fourth-order valence-corrected chi connectivity index (χ4v) is 2.51. The second kappa shape index (κ2) is 5.90. The van der Waals surface area contributed by atoms with Crippen LogP contribution in [0.15, 0.2) is 42.5 Å². The summed E-state index contributed by atoms with van der Waals surface area (Å²) in [5.41, 5.74) is 2.47. The third-order valence-corrected chi connectivity index (χ3v) is 3.74. The number of nitrogens with zero attached hydrogens (tertiary/aromatic N) is 2. The summed E-state index contributed by atoms with van der Waals surface area (Å²) in [5.74, 6) is -0.0504. The molecule has 1 heterocycles. The van der Waals surface area contributed by atoms with Crippen molar-refractivity contribution >= 4 is 44.9 Å². The fourth-order valence-electron chi connectivity index (χ4n) is 1.97. The van der Waals surface area contributed by atoms with E-state index < -0.39 is 0 Å². The first-order valence-corrected chi connectivity index (χ1v) is 7.30. The first kappa shape index (κ1) is 14.2. The summed E-state index contributed by atoms with van der Waals surface area (Å²) in [5, 5.41) is 9.38. The van der Waals surface area contributed by atoms with Crippen molar-refractivity contribution in [3.63, 3.8) is 0 Å². The zero-order chi connectivity index (χ0) is 15.5. The molecule has 0 atom stereocenters. The molecule has 110 valence electrons. The van der Waals surface area contributed by atoms with Gasteiger partial charge in [0.05, 0.1) is 4.70 Å². The van der Waals surface area contributed by atoms with Crippen molar-refractivity contribution in [3.8, 4) is 0 Å².